The summed E-state index contributed by atoms with van der Waals surface area (Å²) in [7, 11) is 0. The van der Waals surface area contributed by atoms with Gasteiger partial charge in [0.05, 0.1) is 13.0 Å². The smallest absolute Gasteiger partial charge is 0.223 e. The second kappa shape index (κ2) is 8.05. The third kappa shape index (κ3) is 4.11. The lowest BCUT2D eigenvalue weighted by Gasteiger charge is -2.22. The number of rotatable bonds is 5. The molecular formula is C21H18N2O2S2. The number of carbonyl (C=O) groups is 1. The Morgan fingerprint density at radius 1 is 1.30 bits per heavy atom. The van der Waals surface area contributed by atoms with Gasteiger partial charge in [0.15, 0.2) is 0 Å². The van der Waals surface area contributed by atoms with Gasteiger partial charge >= 0.3 is 0 Å². The Morgan fingerprint density at radius 2 is 2.22 bits per heavy atom. The van der Waals surface area contributed by atoms with Crippen molar-refractivity contribution in [3.05, 3.63) is 68.7 Å². The lowest BCUT2D eigenvalue weighted by molar-refractivity contribution is -0.124. The van der Waals surface area contributed by atoms with Crippen LogP contribution < -0.4 is 5.32 Å². The van der Waals surface area contributed by atoms with Crippen LogP contribution in [0.4, 0.5) is 0 Å². The van der Waals surface area contributed by atoms with Gasteiger partial charge in [0.25, 0.3) is 0 Å². The van der Waals surface area contributed by atoms with Gasteiger partial charge in [0.1, 0.15) is 17.1 Å². The molecule has 0 radical (unpaired) electrons. The van der Waals surface area contributed by atoms with Crippen molar-refractivity contribution in [3.8, 4) is 16.5 Å². The van der Waals surface area contributed by atoms with Crippen molar-refractivity contribution in [2.75, 3.05) is 6.61 Å². The van der Waals surface area contributed by atoms with Crippen LogP contribution in [-0.4, -0.2) is 12.5 Å². The van der Waals surface area contributed by atoms with Crippen molar-refractivity contribution in [2.24, 2.45) is 0 Å². The SMILES string of the molecule is N#Cc1ccc(-c2cccc(CNC(=O)C[C@H]3OCCc4ccsc43)c2)s1. The normalized spacial score (nSPS) is 15.7. The van der Waals surface area contributed by atoms with Crippen molar-refractivity contribution < 1.29 is 9.53 Å². The Bertz CT molecular complexity index is 1000. The van der Waals surface area contributed by atoms with E-state index in [0.717, 1.165) is 22.4 Å². The molecule has 4 nitrogen and oxygen atoms in total. The van der Waals surface area contributed by atoms with Crippen LogP contribution in [0.5, 0.6) is 0 Å². The van der Waals surface area contributed by atoms with E-state index in [1.807, 2.05) is 30.3 Å². The van der Waals surface area contributed by atoms with Crippen LogP contribution in [0.1, 0.15) is 33.4 Å². The molecule has 0 aliphatic carbocycles. The Hall–Kier alpha value is -2.46. The number of nitrogens with one attached hydrogen (secondary N) is 1. The van der Waals surface area contributed by atoms with Crippen molar-refractivity contribution in [1.29, 1.82) is 5.26 Å². The Kier molecular flexibility index (Phi) is 5.35. The van der Waals surface area contributed by atoms with Crippen LogP contribution >= 0.6 is 22.7 Å². The summed E-state index contributed by atoms with van der Waals surface area (Å²) in [4.78, 5) is 15.3. The van der Waals surface area contributed by atoms with E-state index in [-0.39, 0.29) is 12.0 Å². The molecule has 1 aromatic carbocycles. The molecule has 0 unspecified atom stereocenters. The van der Waals surface area contributed by atoms with Crippen LogP contribution in [0.2, 0.25) is 0 Å². The first kappa shape index (κ1) is 17.9. The minimum absolute atomic E-state index is 0.00505. The summed E-state index contributed by atoms with van der Waals surface area (Å²) in [5.74, 6) is -0.00505. The van der Waals surface area contributed by atoms with E-state index in [2.05, 4.69) is 28.9 Å². The number of hydrogen-bond donors (Lipinski definition) is 1. The molecule has 27 heavy (non-hydrogen) atoms. The predicted molar refractivity (Wildman–Crippen MR) is 108 cm³/mol. The molecule has 1 amide bonds. The first-order valence-corrected chi connectivity index (χ1v) is 10.5. The van der Waals surface area contributed by atoms with Crippen molar-refractivity contribution in [2.45, 2.75) is 25.5 Å². The average Bonchev–Trinajstić information content (AvgIpc) is 3.36. The zero-order valence-electron chi connectivity index (χ0n) is 14.6. The molecule has 1 aliphatic rings. The number of benzene rings is 1. The van der Waals surface area contributed by atoms with Gasteiger partial charge < -0.3 is 10.1 Å². The van der Waals surface area contributed by atoms with Crippen LogP contribution in [0.25, 0.3) is 10.4 Å². The van der Waals surface area contributed by atoms with E-state index in [1.54, 1.807) is 11.3 Å². The maximum atomic E-state index is 12.4. The number of amides is 1. The third-order valence-electron chi connectivity index (χ3n) is 4.55. The summed E-state index contributed by atoms with van der Waals surface area (Å²) in [5, 5.41) is 14.1. The van der Waals surface area contributed by atoms with E-state index in [4.69, 9.17) is 10.00 Å². The molecule has 0 fully saturated rings. The fraction of sp³-hybridized carbons (Fsp3) is 0.238. The first-order chi connectivity index (χ1) is 13.2. The molecule has 4 rings (SSSR count). The molecule has 2 aromatic heterocycles. The monoisotopic (exact) mass is 394 g/mol. The van der Waals surface area contributed by atoms with Gasteiger partial charge in [-0.3, -0.25) is 4.79 Å². The molecule has 6 heteroatoms. The van der Waals surface area contributed by atoms with Gasteiger partial charge in [-0.2, -0.15) is 5.26 Å². The number of hydrogen-bond acceptors (Lipinski definition) is 5. The molecule has 1 N–H and O–H groups in total. The van der Waals surface area contributed by atoms with Crippen LogP contribution in [0.15, 0.2) is 47.8 Å². The summed E-state index contributed by atoms with van der Waals surface area (Å²) in [6, 6.07) is 16.1. The fourth-order valence-corrected chi connectivity index (χ4v) is 5.01. The molecule has 3 aromatic rings. The molecule has 0 saturated heterocycles. The van der Waals surface area contributed by atoms with E-state index >= 15 is 0 Å². The molecule has 136 valence electrons. The Balaban J connectivity index is 1.37. The van der Waals surface area contributed by atoms with Crippen molar-refractivity contribution >= 4 is 28.6 Å². The topological polar surface area (TPSA) is 62.1 Å². The number of fused-ring (bicyclic) bond motifs is 1. The average molecular weight is 395 g/mol. The number of nitrogens with zero attached hydrogens (tertiary/aromatic N) is 1. The van der Waals surface area contributed by atoms with Crippen LogP contribution in [0, 0.1) is 11.3 Å². The highest BCUT2D eigenvalue weighted by Gasteiger charge is 2.24. The second-order valence-electron chi connectivity index (χ2n) is 6.38. The van der Waals surface area contributed by atoms with Gasteiger partial charge in [0.2, 0.25) is 5.91 Å². The largest absolute Gasteiger partial charge is 0.372 e. The van der Waals surface area contributed by atoms with Gasteiger partial charge in [-0.1, -0.05) is 18.2 Å². The highest BCUT2D eigenvalue weighted by molar-refractivity contribution is 7.16. The first-order valence-electron chi connectivity index (χ1n) is 8.77. The maximum absolute atomic E-state index is 12.4. The fourth-order valence-electron chi connectivity index (χ4n) is 3.20. The van der Waals surface area contributed by atoms with E-state index < -0.39 is 0 Å². The van der Waals surface area contributed by atoms with Gasteiger partial charge in [0, 0.05) is 16.3 Å². The number of nitriles is 1. The number of carbonyl (C=O) groups excluding carboxylic acids is 1. The van der Waals surface area contributed by atoms with Crippen molar-refractivity contribution in [1.82, 2.24) is 5.32 Å². The third-order valence-corrected chi connectivity index (χ3v) is 6.64. The summed E-state index contributed by atoms with van der Waals surface area (Å²) in [5.41, 5.74) is 3.41. The Labute approximate surface area is 166 Å². The minimum Gasteiger partial charge on any atom is -0.372 e. The van der Waals surface area contributed by atoms with E-state index in [0.29, 0.717) is 24.4 Å². The zero-order valence-corrected chi connectivity index (χ0v) is 16.2. The van der Waals surface area contributed by atoms with E-state index in [9.17, 15) is 4.79 Å². The van der Waals surface area contributed by atoms with Gasteiger partial charge in [-0.05, 0) is 52.8 Å². The van der Waals surface area contributed by atoms with Gasteiger partial charge in [-0.25, -0.2) is 0 Å². The zero-order chi connectivity index (χ0) is 18.6. The Morgan fingerprint density at radius 3 is 3.07 bits per heavy atom. The summed E-state index contributed by atoms with van der Waals surface area (Å²) >= 11 is 3.14. The quantitative estimate of drug-likeness (QED) is 0.684. The highest BCUT2D eigenvalue weighted by Crippen LogP contribution is 2.34. The van der Waals surface area contributed by atoms with Crippen LogP contribution in [0.3, 0.4) is 0 Å². The second-order valence-corrected chi connectivity index (χ2v) is 8.41. The molecule has 0 spiro atoms. The summed E-state index contributed by atoms with van der Waals surface area (Å²) < 4.78 is 5.80. The number of thiophene rings is 2. The molecule has 0 saturated carbocycles. The predicted octanol–water partition coefficient (Wildman–Crippen LogP) is 4.67. The summed E-state index contributed by atoms with van der Waals surface area (Å²) in [6.45, 7) is 1.16. The minimum atomic E-state index is -0.129. The molecule has 1 aliphatic heterocycles. The maximum Gasteiger partial charge on any atom is 0.223 e. The lowest BCUT2D eigenvalue weighted by atomic mass is 10.1. The highest BCUT2D eigenvalue weighted by atomic mass is 32.1. The molecule has 3 heterocycles. The number of ether oxygens (including phenoxy) is 1. The van der Waals surface area contributed by atoms with E-state index in [1.165, 1.54) is 21.8 Å². The lowest BCUT2D eigenvalue weighted by Crippen LogP contribution is -2.26. The summed E-state index contributed by atoms with van der Waals surface area (Å²) in [6.07, 6.45) is 1.15. The van der Waals surface area contributed by atoms with Crippen LogP contribution in [-0.2, 0) is 22.5 Å². The molecule has 0 bridgehead atoms. The van der Waals surface area contributed by atoms with Crippen molar-refractivity contribution in [3.63, 3.8) is 0 Å². The molecular weight excluding hydrogens is 376 g/mol. The standard InChI is InChI=1S/C21H18N2O2S2/c22-12-17-4-5-19(27-17)16-3-1-2-14(10-16)13-23-20(24)11-18-21-15(6-8-25-18)7-9-26-21/h1-5,7,9-10,18H,6,8,11,13H2,(H,23,24)/t18-/m1/s1. The molecule has 1 atom stereocenters. The van der Waals surface area contributed by atoms with Gasteiger partial charge in [-0.15, -0.1) is 22.7 Å².